The number of amides is 1. The number of carbonyl (C=O) groups is 1. The van der Waals surface area contributed by atoms with Crippen LogP contribution in [0.15, 0.2) is 65.6 Å². The van der Waals surface area contributed by atoms with Gasteiger partial charge in [0.15, 0.2) is 6.73 Å². The molecule has 0 aliphatic carbocycles. The summed E-state index contributed by atoms with van der Waals surface area (Å²) in [7, 11) is -2.74. The summed E-state index contributed by atoms with van der Waals surface area (Å²) >= 11 is 5.99. The van der Waals surface area contributed by atoms with Gasteiger partial charge in [-0.2, -0.15) is 0 Å². The van der Waals surface area contributed by atoms with E-state index in [1.54, 1.807) is 0 Å². The highest BCUT2D eigenvalue weighted by atomic mass is 35.5. The van der Waals surface area contributed by atoms with Crippen LogP contribution < -0.4 is 19.1 Å². The van der Waals surface area contributed by atoms with Crippen molar-refractivity contribution in [2.45, 2.75) is 4.90 Å². The van der Waals surface area contributed by atoms with Gasteiger partial charge in [0.2, 0.25) is 0 Å². The molecule has 1 aliphatic rings. The molecule has 0 aromatic heterocycles. The summed E-state index contributed by atoms with van der Waals surface area (Å²) in [6, 6.07) is 14.0. The van der Waals surface area contributed by atoms with E-state index >= 15 is 0 Å². The molecule has 0 spiro atoms. The molecule has 0 saturated heterocycles. The SMILES string of the molecule is COc1ccc(Cl)cc1S(=O)(=O)N1COc2ccc(C(=O)Nc3ccc(F)cc3)cc21. The lowest BCUT2D eigenvalue weighted by Crippen LogP contribution is -2.30. The first-order valence-corrected chi connectivity index (χ1v) is 10.8. The monoisotopic (exact) mass is 462 g/mol. The number of benzene rings is 3. The lowest BCUT2D eigenvalue weighted by atomic mass is 10.1. The summed E-state index contributed by atoms with van der Waals surface area (Å²) in [6.45, 7) is -0.267. The second kappa shape index (κ2) is 8.09. The van der Waals surface area contributed by atoms with Crippen LogP contribution in [0.25, 0.3) is 0 Å². The molecule has 1 N–H and O–H groups in total. The van der Waals surface area contributed by atoms with Gasteiger partial charge in [0.05, 0.1) is 12.8 Å². The maximum absolute atomic E-state index is 13.3. The van der Waals surface area contributed by atoms with Crippen molar-refractivity contribution in [3.05, 3.63) is 77.1 Å². The van der Waals surface area contributed by atoms with E-state index in [0.717, 1.165) is 4.31 Å². The fourth-order valence-electron chi connectivity index (χ4n) is 3.08. The quantitative estimate of drug-likeness (QED) is 0.611. The Labute approximate surface area is 183 Å². The van der Waals surface area contributed by atoms with Crippen LogP contribution in [0.4, 0.5) is 15.8 Å². The van der Waals surface area contributed by atoms with Crippen LogP contribution in [0.1, 0.15) is 10.4 Å². The molecule has 0 atom stereocenters. The Bertz CT molecular complexity index is 1270. The van der Waals surface area contributed by atoms with Crippen LogP contribution in [-0.4, -0.2) is 28.2 Å². The molecule has 1 aliphatic heterocycles. The number of sulfonamides is 1. The van der Waals surface area contributed by atoms with Gasteiger partial charge in [0, 0.05) is 16.3 Å². The van der Waals surface area contributed by atoms with Crippen molar-refractivity contribution in [3.63, 3.8) is 0 Å². The molecule has 1 amide bonds. The second-order valence-corrected chi connectivity index (χ2v) is 8.83. The van der Waals surface area contributed by atoms with Crippen LogP contribution in [0.2, 0.25) is 5.02 Å². The summed E-state index contributed by atoms with van der Waals surface area (Å²) < 4.78 is 51.4. The Morgan fingerprint density at radius 3 is 2.58 bits per heavy atom. The van der Waals surface area contributed by atoms with E-state index in [2.05, 4.69) is 5.32 Å². The van der Waals surface area contributed by atoms with Crippen LogP contribution in [0, 0.1) is 5.82 Å². The third-order valence-corrected chi connectivity index (χ3v) is 6.62. The normalized spacial score (nSPS) is 12.8. The van der Waals surface area contributed by atoms with Crippen LogP contribution in [0.3, 0.4) is 0 Å². The van der Waals surface area contributed by atoms with Crippen LogP contribution in [-0.2, 0) is 10.0 Å². The van der Waals surface area contributed by atoms with Crippen molar-refractivity contribution in [3.8, 4) is 11.5 Å². The van der Waals surface area contributed by atoms with E-state index < -0.39 is 21.7 Å². The molecule has 0 fully saturated rings. The second-order valence-electron chi connectivity index (χ2n) is 6.57. The van der Waals surface area contributed by atoms with Crippen molar-refractivity contribution in [2.75, 3.05) is 23.5 Å². The number of halogens is 2. The molecular formula is C21H16ClFN2O5S. The maximum atomic E-state index is 13.3. The number of fused-ring (bicyclic) bond motifs is 1. The zero-order valence-electron chi connectivity index (χ0n) is 16.1. The minimum Gasteiger partial charge on any atom is -0.495 e. The topological polar surface area (TPSA) is 84.9 Å². The average molecular weight is 463 g/mol. The first-order valence-electron chi connectivity index (χ1n) is 8.99. The number of nitrogens with one attached hydrogen (secondary N) is 1. The first kappa shape index (κ1) is 21.0. The molecule has 160 valence electrons. The van der Waals surface area contributed by atoms with Gasteiger partial charge in [-0.05, 0) is 60.7 Å². The zero-order valence-corrected chi connectivity index (χ0v) is 17.7. The Morgan fingerprint density at radius 1 is 1.13 bits per heavy atom. The van der Waals surface area contributed by atoms with Crippen molar-refractivity contribution in [1.29, 1.82) is 0 Å². The predicted molar refractivity (Wildman–Crippen MR) is 114 cm³/mol. The van der Waals surface area contributed by atoms with E-state index in [1.807, 2.05) is 0 Å². The Balaban J connectivity index is 1.67. The van der Waals surface area contributed by atoms with Gasteiger partial charge < -0.3 is 14.8 Å². The number of rotatable bonds is 5. The van der Waals surface area contributed by atoms with Crippen molar-refractivity contribution in [2.24, 2.45) is 0 Å². The van der Waals surface area contributed by atoms with Crippen LogP contribution in [0.5, 0.6) is 11.5 Å². The molecule has 1 heterocycles. The van der Waals surface area contributed by atoms with Gasteiger partial charge in [0.25, 0.3) is 15.9 Å². The number of anilines is 2. The highest BCUT2D eigenvalue weighted by Crippen LogP contribution is 2.40. The predicted octanol–water partition coefficient (Wildman–Crippen LogP) is 4.29. The summed E-state index contributed by atoms with van der Waals surface area (Å²) in [6.07, 6.45) is 0. The fourth-order valence-corrected chi connectivity index (χ4v) is 4.83. The number of hydrogen-bond donors (Lipinski definition) is 1. The average Bonchev–Trinajstić information content (AvgIpc) is 3.19. The number of methoxy groups -OCH3 is 1. The summed E-state index contributed by atoms with van der Waals surface area (Å²) in [5, 5.41) is 2.86. The minimum absolute atomic E-state index is 0.125. The molecule has 0 radical (unpaired) electrons. The number of hydrogen-bond acceptors (Lipinski definition) is 5. The Morgan fingerprint density at radius 2 is 1.87 bits per heavy atom. The standard InChI is InChI=1S/C21H16ClFN2O5S/c1-29-19-9-3-14(22)11-20(19)31(27,28)25-12-30-18-8-2-13(10-17(18)25)21(26)24-16-6-4-15(23)5-7-16/h2-11H,12H2,1H3,(H,24,26). The lowest BCUT2D eigenvalue weighted by Gasteiger charge is -2.19. The van der Waals surface area contributed by atoms with Crippen molar-refractivity contribution < 1.29 is 27.1 Å². The van der Waals surface area contributed by atoms with Gasteiger partial charge in [0.1, 0.15) is 22.2 Å². The molecule has 4 rings (SSSR count). The first-order chi connectivity index (χ1) is 14.8. The molecule has 0 saturated carbocycles. The zero-order chi connectivity index (χ0) is 22.2. The van der Waals surface area contributed by atoms with E-state index in [1.165, 1.54) is 67.8 Å². The number of nitrogens with zero attached hydrogens (tertiary/aromatic N) is 1. The largest absolute Gasteiger partial charge is 0.495 e. The van der Waals surface area contributed by atoms with Gasteiger partial charge >= 0.3 is 0 Å². The lowest BCUT2D eigenvalue weighted by molar-refractivity contribution is 0.102. The van der Waals surface area contributed by atoms with Gasteiger partial charge in [-0.15, -0.1) is 0 Å². The fraction of sp³-hybridized carbons (Fsp3) is 0.0952. The molecule has 7 nitrogen and oxygen atoms in total. The summed E-state index contributed by atoms with van der Waals surface area (Å²) in [4.78, 5) is 12.5. The number of carbonyl (C=O) groups excluding carboxylic acids is 1. The smallest absolute Gasteiger partial charge is 0.270 e. The molecule has 31 heavy (non-hydrogen) atoms. The van der Waals surface area contributed by atoms with Crippen molar-refractivity contribution >= 4 is 38.9 Å². The van der Waals surface area contributed by atoms with Gasteiger partial charge in [-0.3, -0.25) is 4.79 Å². The van der Waals surface area contributed by atoms with Crippen molar-refractivity contribution in [1.82, 2.24) is 0 Å². The molecule has 3 aromatic rings. The maximum Gasteiger partial charge on any atom is 0.270 e. The molecule has 0 unspecified atom stereocenters. The molecular weight excluding hydrogens is 447 g/mol. The minimum atomic E-state index is -4.10. The van der Waals surface area contributed by atoms with Crippen LogP contribution >= 0.6 is 11.6 Å². The van der Waals surface area contributed by atoms with Gasteiger partial charge in [-0.1, -0.05) is 11.6 Å². The third-order valence-electron chi connectivity index (χ3n) is 4.62. The third kappa shape index (κ3) is 4.01. The van der Waals surface area contributed by atoms with E-state index in [-0.39, 0.29) is 33.6 Å². The Hall–Kier alpha value is -3.30. The molecule has 0 bridgehead atoms. The highest BCUT2D eigenvalue weighted by Gasteiger charge is 2.35. The highest BCUT2D eigenvalue weighted by molar-refractivity contribution is 7.93. The van der Waals surface area contributed by atoms with Gasteiger partial charge in [-0.25, -0.2) is 17.1 Å². The Kier molecular flexibility index (Phi) is 5.47. The molecule has 3 aromatic carbocycles. The van der Waals surface area contributed by atoms with E-state index in [0.29, 0.717) is 11.4 Å². The van der Waals surface area contributed by atoms with E-state index in [4.69, 9.17) is 21.1 Å². The summed E-state index contributed by atoms with van der Waals surface area (Å²) in [5.41, 5.74) is 0.803. The molecule has 10 heteroatoms. The van der Waals surface area contributed by atoms with E-state index in [9.17, 15) is 17.6 Å². The number of ether oxygens (including phenoxy) is 2. The summed E-state index contributed by atoms with van der Waals surface area (Å²) in [5.74, 6) is -0.477.